The third kappa shape index (κ3) is 4.39. The summed E-state index contributed by atoms with van der Waals surface area (Å²) in [6.45, 7) is 8.56. The second-order valence-corrected chi connectivity index (χ2v) is 6.24. The Morgan fingerprint density at radius 1 is 1.30 bits per heavy atom. The van der Waals surface area contributed by atoms with Gasteiger partial charge in [-0.05, 0) is 37.0 Å². The highest BCUT2D eigenvalue weighted by Crippen LogP contribution is 2.31. The molecule has 0 radical (unpaired) electrons. The van der Waals surface area contributed by atoms with Gasteiger partial charge in [-0.2, -0.15) is 0 Å². The van der Waals surface area contributed by atoms with Crippen molar-refractivity contribution in [1.29, 1.82) is 0 Å². The van der Waals surface area contributed by atoms with Crippen LogP contribution in [0.3, 0.4) is 0 Å². The lowest BCUT2D eigenvalue weighted by atomic mass is 9.84. The lowest BCUT2D eigenvalue weighted by molar-refractivity contribution is 0.187. The van der Waals surface area contributed by atoms with E-state index in [-0.39, 0.29) is 29.9 Å². The molecule has 2 atom stereocenters. The predicted molar refractivity (Wildman–Crippen MR) is 81.2 cm³/mol. The predicted octanol–water partition coefficient (Wildman–Crippen LogP) is 2.85. The molecule has 0 heterocycles. The molecule has 0 aromatic heterocycles. The summed E-state index contributed by atoms with van der Waals surface area (Å²) in [5, 5.41) is 22.7. The Labute approximate surface area is 121 Å². The molecule has 0 aliphatic rings. The summed E-state index contributed by atoms with van der Waals surface area (Å²) in [7, 11) is 1.61. The van der Waals surface area contributed by atoms with Crippen LogP contribution in [0, 0.1) is 5.41 Å². The number of hydrogen-bond acceptors (Lipinski definition) is 4. The first-order chi connectivity index (χ1) is 9.29. The molecule has 0 saturated carbocycles. The molecule has 0 amide bonds. The number of benzene rings is 1. The van der Waals surface area contributed by atoms with E-state index in [1.54, 1.807) is 19.2 Å². The number of aliphatic hydroxyl groups excluding tert-OH is 1. The second-order valence-electron chi connectivity index (χ2n) is 6.24. The maximum Gasteiger partial charge on any atom is 0.120 e. The summed E-state index contributed by atoms with van der Waals surface area (Å²) in [6.07, 6.45) is 0.679. The van der Waals surface area contributed by atoms with Gasteiger partial charge in [0.15, 0.2) is 0 Å². The zero-order chi connectivity index (χ0) is 15.3. The monoisotopic (exact) mass is 281 g/mol. The quantitative estimate of drug-likeness (QED) is 0.750. The first kappa shape index (κ1) is 16.8. The van der Waals surface area contributed by atoms with E-state index in [0.717, 1.165) is 11.3 Å². The zero-order valence-electron chi connectivity index (χ0n) is 13.1. The standard InChI is InChI=1S/C16H27NO3/c1-11(17-15(8-9-18)16(2,3)4)13-10-12(20-5)6-7-14(13)19/h6-7,10-11,15,17-19H,8-9H2,1-5H3. The number of nitrogens with one attached hydrogen (secondary N) is 1. The molecule has 114 valence electrons. The van der Waals surface area contributed by atoms with E-state index >= 15 is 0 Å². The molecule has 4 heteroatoms. The minimum absolute atomic E-state index is 0.0270. The van der Waals surface area contributed by atoms with Crippen molar-refractivity contribution in [2.75, 3.05) is 13.7 Å². The van der Waals surface area contributed by atoms with Crippen LogP contribution in [0.5, 0.6) is 11.5 Å². The maximum absolute atomic E-state index is 10.0. The van der Waals surface area contributed by atoms with E-state index in [1.165, 1.54) is 0 Å². The van der Waals surface area contributed by atoms with Gasteiger partial charge in [-0.15, -0.1) is 0 Å². The number of hydrogen-bond donors (Lipinski definition) is 3. The van der Waals surface area contributed by atoms with Crippen LogP contribution in [0.2, 0.25) is 0 Å². The van der Waals surface area contributed by atoms with Crippen LogP contribution in [0.15, 0.2) is 18.2 Å². The van der Waals surface area contributed by atoms with Crippen molar-refractivity contribution in [3.8, 4) is 11.5 Å². The fourth-order valence-electron chi connectivity index (χ4n) is 2.29. The number of aliphatic hydroxyl groups is 1. The van der Waals surface area contributed by atoms with Crippen LogP contribution in [0.1, 0.15) is 45.7 Å². The van der Waals surface area contributed by atoms with Crippen molar-refractivity contribution in [3.63, 3.8) is 0 Å². The van der Waals surface area contributed by atoms with Crippen molar-refractivity contribution in [2.45, 2.75) is 46.2 Å². The fraction of sp³-hybridized carbons (Fsp3) is 0.625. The highest BCUT2D eigenvalue weighted by molar-refractivity contribution is 5.41. The number of phenols is 1. The van der Waals surface area contributed by atoms with Gasteiger partial charge < -0.3 is 20.3 Å². The third-order valence-electron chi connectivity index (χ3n) is 3.62. The van der Waals surface area contributed by atoms with E-state index in [4.69, 9.17) is 4.74 Å². The van der Waals surface area contributed by atoms with E-state index in [2.05, 4.69) is 26.1 Å². The Kier molecular flexibility index (Phi) is 5.84. The Hall–Kier alpha value is -1.26. The van der Waals surface area contributed by atoms with Crippen molar-refractivity contribution in [3.05, 3.63) is 23.8 Å². The van der Waals surface area contributed by atoms with E-state index < -0.39 is 0 Å². The van der Waals surface area contributed by atoms with Gasteiger partial charge in [-0.3, -0.25) is 0 Å². The summed E-state index contributed by atoms with van der Waals surface area (Å²) >= 11 is 0. The molecule has 1 aromatic carbocycles. The molecule has 3 N–H and O–H groups in total. The molecule has 0 fully saturated rings. The highest BCUT2D eigenvalue weighted by Gasteiger charge is 2.26. The van der Waals surface area contributed by atoms with Crippen LogP contribution < -0.4 is 10.1 Å². The van der Waals surface area contributed by atoms with Crippen LogP contribution in [-0.2, 0) is 0 Å². The molecule has 0 aliphatic carbocycles. The van der Waals surface area contributed by atoms with Gasteiger partial charge in [-0.1, -0.05) is 20.8 Å². The van der Waals surface area contributed by atoms with Gasteiger partial charge in [0.1, 0.15) is 11.5 Å². The van der Waals surface area contributed by atoms with E-state index in [0.29, 0.717) is 6.42 Å². The summed E-state index contributed by atoms with van der Waals surface area (Å²) in [5.74, 6) is 0.975. The molecular formula is C16H27NO3. The normalized spacial score (nSPS) is 14.9. The van der Waals surface area contributed by atoms with Crippen molar-refractivity contribution in [1.82, 2.24) is 5.32 Å². The Morgan fingerprint density at radius 2 is 1.95 bits per heavy atom. The van der Waals surface area contributed by atoms with Gasteiger partial charge in [-0.25, -0.2) is 0 Å². The molecule has 0 aliphatic heterocycles. The third-order valence-corrected chi connectivity index (χ3v) is 3.62. The molecule has 0 bridgehead atoms. The average molecular weight is 281 g/mol. The minimum atomic E-state index is -0.0270. The van der Waals surface area contributed by atoms with Gasteiger partial charge in [0, 0.05) is 24.3 Å². The summed E-state index contributed by atoms with van der Waals surface area (Å²) in [5.41, 5.74) is 0.836. The molecule has 2 unspecified atom stereocenters. The summed E-state index contributed by atoms with van der Waals surface area (Å²) < 4.78 is 5.20. The Balaban J connectivity index is 2.91. The largest absolute Gasteiger partial charge is 0.508 e. The first-order valence-corrected chi connectivity index (χ1v) is 7.03. The topological polar surface area (TPSA) is 61.7 Å². The Bertz CT molecular complexity index is 426. The van der Waals surface area contributed by atoms with Crippen molar-refractivity contribution in [2.24, 2.45) is 5.41 Å². The SMILES string of the molecule is COc1ccc(O)c(C(C)NC(CCO)C(C)(C)C)c1. The molecular weight excluding hydrogens is 254 g/mol. The average Bonchev–Trinajstić information content (AvgIpc) is 2.37. The van der Waals surface area contributed by atoms with Gasteiger partial charge in [0.05, 0.1) is 7.11 Å². The molecule has 20 heavy (non-hydrogen) atoms. The van der Waals surface area contributed by atoms with Gasteiger partial charge >= 0.3 is 0 Å². The summed E-state index contributed by atoms with van der Waals surface area (Å²) in [6, 6.07) is 5.35. The fourth-order valence-corrected chi connectivity index (χ4v) is 2.29. The number of rotatable bonds is 6. The lowest BCUT2D eigenvalue weighted by Crippen LogP contribution is -2.42. The number of aromatic hydroxyl groups is 1. The first-order valence-electron chi connectivity index (χ1n) is 7.03. The van der Waals surface area contributed by atoms with Gasteiger partial charge in [0.2, 0.25) is 0 Å². The smallest absolute Gasteiger partial charge is 0.120 e. The molecule has 1 aromatic rings. The van der Waals surface area contributed by atoms with E-state index in [1.807, 2.05) is 13.0 Å². The van der Waals surface area contributed by atoms with E-state index in [9.17, 15) is 10.2 Å². The van der Waals surface area contributed by atoms with Crippen molar-refractivity contribution >= 4 is 0 Å². The van der Waals surface area contributed by atoms with Crippen LogP contribution >= 0.6 is 0 Å². The minimum Gasteiger partial charge on any atom is -0.508 e. The van der Waals surface area contributed by atoms with Crippen LogP contribution in [-0.4, -0.2) is 30.0 Å². The maximum atomic E-state index is 10.0. The number of phenolic OH excluding ortho intramolecular Hbond substituents is 1. The Morgan fingerprint density at radius 3 is 2.45 bits per heavy atom. The molecule has 0 saturated heterocycles. The zero-order valence-corrected chi connectivity index (χ0v) is 13.1. The van der Waals surface area contributed by atoms with Crippen LogP contribution in [0.4, 0.5) is 0 Å². The summed E-state index contributed by atoms with van der Waals surface area (Å²) in [4.78, 5) is 0. The second kappa shape index (κ2) is 6.95. The molecule has 4 nitrogen and oxygen atoms in total. The number of ether oxygens (including phenoxy) is 1. The lowest BCUT2D eigenvalue weighted by Gasteiger charge is -2.34. The van der Waals surface area contributed by atoms with Crippen molar-refractivity contribution < 1.29 is 14.9 Å². The number of methoxy groups -OCH3 is 1. The molecule has 0 spiro atoms. The van der Waals surface area contributed by atoms with Crippen LogP contribution in [0.25, 0.3) is 0 Å². The molecule has 1 rings (SSSR count). The highest BCUT2D eigenvalue weighted by atomic mass is 16.5. The van der Waals surface area contributed by atoms with Gasteiger partial charge in [0.25, 0.3) is 0 Å².